The first-order valence-corrected chi connectivity index (χ1v) is 7.93. The summed E-state index contributed by atoms with van der Waals surface area (Å²) in [7, 11) is 3.56. The smallest absolute Gasteiger partial charge is 0.350 e. The van der Waals surface area contributed by atoms with E-state index < -0.39 is 5.97 Å². The maximum absolute atomic E-state index is 11.6. The minimum Gasteiger partial charge on any atom is -0.462 e. The molecule has 0 aliphatic carbocycles. The number of carbonyl (C=O) groups excluding carboxylic acids is 1. The van der Waals surface area contributed by atoms with Crippen molar-refractivity contribution in [3.8, 4) is 6.07 Å². The SMILES string of the molecule is CCOC(=O)/C(C#N)=C/N=C(N/N=C(\CC)c1ccccc1)N(C)C. The number of nitrogens with zero attached hydrogens (tertiary/aromatic N) is 4. The third kappa shape index (κ3) is 6.47. The minimum absolute atomic E-state index is 0.175. The van der Waals surface area contributed by atoms with Crippen molar-refractivity contribution in [1.29, 1.82) is 5.26 Å². The van der Waals surface area contributed by atoms with Gasteiger partial charge in [-0.2, -0.15) is 10.4 Å². The van der Waals surface area contributed by atoms with Crippen LogP contribution in [-0.4, -0.2) is 43.2 Å². The molecule has 1 rings (SSSR count). The number of aliphatic imine (C=N–C) groups is 1. The number of hydrogen-bond donors (Lipinski definition) is 1. The van der Waals surface area contributed by atoms with Gasteiger partial charge in [0, 0.05) is 14.1 Å². The number of benzene rings is 1. The van der Waals surface area contributed by atoms with Gasteiger partial charge in [0.25, 0.3) is 0 Å². The fourth-order valence-corrected chi connectivity index (χ4v) is 1.80. The van der Waals surface area contributed by atoms with E-state index in [0.717, 1.165) is 17.7 Å². The molecule has 132 valence electrons. The summed E-state index contributed by atoms with van der Waals surface area (Å²) in [6.45, 7) is 3.88. The van der Waals surface area contributed by atoms with Crippen LogP contribution < -0.4 is 5.43 Å². The van der Waals surface area contributed by atoms with Crippen LogP contribution in [0.2, 0.25) is 0 Å². The Bertz CT molecular complexity index is 700. The van der Waals surface area contributed by atoms with Crippen molar-refractivity contribution in [2.75, 3.05) is 20.7 Å². The zero-order chi connectivity index (χ0) is 18.7. The number of nitrogens with one attached hydrogen (secondary N) is 1. The van der Waals surface area contributed by atoms with E-state index >= 15 is 0 Å². The summed E-state index contributed by atoms with van der Waals surface area (Å²) in [5.74, 6) is -0.312. The Morgan fingerprint density at radius 2 is 2.00 bits per heavy atom. The van der Waals surface area contributed by atoms with Gasteiger partial charge in [-0.05, 0) is 18.9 Å². The van der Waals surface area contributed by atoms with E-state index in [1.807, 2.05) is 37.3 Å². The molecule has 25 heavy (non-hydrogen) atoms. The van der Waals surface area contributed by atoms with Crippen LogP contribution in [0.25, 0.3) is 0 Å². The first-order valence-electron chi connectivity index (χ1n) is 7.93. The lowest BCUT2D eigenvalue weighted by Gasteiger charge is -2.15. The van der Waals surface area contributed by atoms with Gasteiger partial charge < -0.3 is 9.64 Å². The van der Waals surface area contributed by atoms with Crippen molar-refractivity contribution in [3.05, 3.63) is 47.7 Å². The van der Waals surface area contributed by atoms with E-state index in [9.17, 15) is 4.79 Å². The normalized spacial score (nSPS) is 12.4. The molecule has 7 nitrogen and oxygen atoms in total. The number of nitriles is 1. The highest BCUT2D eigenvalue weighted by Gasteiger charge is 2.10. The number of guanidine groups is 1. The molecule has 0 saturated heterocycles. The lowest BCUT2D eigenvalue weighted by Crippen LogP contribution is -2.33. The Hall–Kier alpha value is -3.14. The van der Waals surface area contributed by atoms with Crippen LogP contribution in [0.5, 0.6) is 0 Å². The Morgan fingerprint density at radius 3 is 2.52 bits per heavy atom. The average molecular weight is 341 g/mol. The van der Waals surface area contributed by atoms with Gasteiger partial charge in [0.2, 0.25) is 5.96 Å². The zero-order valence-electron chi connectivity index (χ0n) is 15.0. The Balaban J connectivity index is 3.02. The van der Waals surface area contributed by atoms with E-state index in [4.69, 9.17) is 10.00 Å². The van der Waals surface area contributed by atoms with Crippen LogP contribution in [0, 0.1) is 11.3 Å². The van der Waals surface area contributed by atoms with Crippen molar-refractivity contribution in [2.45, 2.75) is 20.3 Å². The summed E-state index contributed by atoms with van der Waals surface area (Å²) < 4.78 is 4.80. The van der Waals surface area contributed by atoms with Gasteiger partial charge >= 0.3 is 5.97 Å². The summed E-state index contributed by atoms with van der Waals surface area (Å²) in [5, 5.41) is 13.4. The highest BCUT2D eigenvalue weighted by atomic mass is 16.5. The van der Waals surface area contributed by atoms with Gasteiger partial charge in [0.1, 0.15) is 6.07 Å². The number of hydrogen-bond acceptors (Lipinski definition) is 5. The molecule has 1 aromatic rings. The van der Waals surface area contributed by atoms with Gasteiger partial charge in [-0.3, -0.25) is 0 Å². The molecule has 0 radical (unpaired) electrons. The lowest BCUT2D eigenvalue weighted by molar-refractivity contribution is -0.138. The molecule has 0 bridgehead atoms. The van der Waals surface area contributed by atoms with E-state index in [1.54, 1.807) is 32.0 Å². The van der Waals surface area contributed by atoms with Crippen LogP contribution in [0.4, 0.5) is 0 Å². The van der Waals surface area contributed by atoms with Crippen molar-refractivity contribution in [1.82, 2.24) is 10.3 Å². The second-order valence-corrected chi connectivity index (χ2v) is 5.11. The number of carbonyl (C=O) groups is 1. The maximum atomic E-state index is 11.6. The summed E-state index contributed by atoms with van der Waals surface area (Å²) in [4.78, 5) is 17.4. The Kier molecular flexibility index (Phi) is 8.44. The van der Waals surface area contributed by atoms with Crippen molar-refractivity contribution < 1.29 is 9.53 Å². The summed E-state index contributed by atoms with van der Waals surface area (Å²) in [5.41, 5.74) is 4.58. The first kappa shape index (κ1) is 19.9. The number of hydrazone groups is 1. The number of rotatable bonds is 6. The zero-order valence-corrected chi connectivity index (χ0v) is 15.0. The average Bonchev–Trinajstić information content (AvgIpc) is 2.61. The van der Waals surface area contributed by atoms with Crippen LogP contribution >= 0.6 is 0 Å². The molecule has 0 amide bonds. The predicted molar refractivity (Wildman–Crippen MR) is 97.9 cm³/mol. The molecule has 0 fully saturated rings. The summed E-state index contributed by atoms with van der Waals surface area (Å²) >= 11 is 0. The van der Waals surface area contributed by atoms with Gasteiger partial charge in [-0.25, -0.2) is 15.2 Å². The maximum Gasteiger partial charge on any atom is 0.350 e. The quantitative estimate of drug-likeness (QED) is 0.214. The number of esters is 1. The van der Waals surface area contributed by atoms with E-state index in [2.05, 4.69) is 15.5 Å². The van der Waals surface area contributed by atoms with Crippen molar-refractivity contribution >= 4 is 17.6 Å². The number of ether oxygens (including phenoxy) is 1. The molecule has 0 atom stereocenters. The molecule has 1 aromatic carbocycles. The van der Waals surface area contributed by atoms with Crippen LogP contribution in [-0.2, 0) is 9.53 Å². The molecular weight excluding hydrogens is 318 g/mol. The molecular formula is C18H23N5O2. The fraction of sp³-hybridized carbons (Fsp3) is 0.333. The van der Waals surface area contributed by atoms with Crippen LogP contribution in [0.3, 0.4) is 0 Å². The predicted octanol–water partition coefficient (Wildman–Crippen LogP) is 2.28. The minimum atomic E-state index is -0.700. The molecule has 0 aliphatic heterocycles. The van der Waals surface area contributed by atoms with Crippen LogP contribution in [0.15, 0.2) is 52.2 Å². The van der Waals surface area contributed by atoms with Crippen LogP contribution in [0.1, 0.15) is 25.8 Å². The summed E-state index contributed by atoms with van der Waals surface area (Å²) in [6.07, 6.45) is 1.91. The van der Waals surface area contributed by atoms with Gasteiger partial charge in [0.15, 0.2) is 5.57 Å². The standard InChI is InChI=1S/C18H23N5O2/c1-5-16(14-10-8-7-9-11-14)21-22-18(23(3)4)20-13-15(12-19)17(24)25-6-2/h7-11,13H,5-6H2,1-4H3,(H,20,22)/b15-13+,21-16+. The Morgan fingerprint density at radius 1 is 1.32 bits per heavy atom. The van der Waals surface area contributed by atoms with E-state index in [0.29, 0.717) is 5.96 Å². The molecule has 7 heteroatoms. The molecule has 0 aromatic heterocycles. The fourth-order valence-electron chi connectivity index (χ4n) is 1.80. The molecule has 0 saturated carbocycles. The molecule has 0 aliphatic rings. The van der Waals surface area contributed by atoms with Crippen molar-refractivity contribution in [2.24, 2.45) is 10.1 Å². The topological polar surface area (TPSA) is 90.1 Å². The van der Waals surface area contributed by atoms with E-state index in [-0.39, 0.29) is 12.2 Å². The Labute approximate surface area is 148 Å². The highest BCUT2D eigenvalue weighted by molar-refractivity contribution is 6.01. The first-order chi connectivity index (χ1) is 12.0. The highest BCUT2D eigenvalue weighted by Crippen LogP contribution is 2.04. The monoisotopic (exact) mass is 341 g/mol. The molecule has 0 spiro atoms. The van der Waals surface area contributed by atoms with E-state index in [1.165, 1.54) is 6.20 Å². The third-order valence-electron chi connectivity index (χ3n) is 3.09. The summed E-state index contributed by atoms with van der Waals surface area (Å²) in [6, 6.07) is 11.6. The lowest BCUT2D eigenvalue weighted by atomic mass is 10.1. The second-order valence-electron chi connectivity index (χ2n) is 5.11. The second kappa shape index (κ2) is 10.6. The van der Waals surface area contributed by atoms with Crippen molar-refractivity contribution in [3.63, 3.8) is 0 Å². The molecule has 1 N–H and O–H groups in total. The largest absolute Gasteiger partial charge is 0.462 e. The van der Waals surface area contributed by atoms with Gasteiger partial charge in [-0.15, -0.1) is 0 Å². The molecule has 0 heterocycles. The molecule has 0 unspecified atom stereocenters. The third-order valence-corrected chi connectivity index (χ3v) is 3.09. The van der Waals surface area contributed by atoms with Gasteiger partial charge in [0.05, 0.1) is 18.5 Å². The van der Waals surface area contributed by atoms with Gasteiger partial charge in [-0.1, -0.05) is 37.3 Å².